The summed E-state index contributed by atoms with van der Waals surface area (Å²) in [5.41, 5.74) is 2.76. The van der Waals surface area contributed by atoms with Crippen LogP contribution in [0.15, 0.2) is 18.2 Å². The monoisotopic (exact) mass is 306 g/mol. The van der Waals surface area contributed by atoms with E-state index in [4.69, 9.17) is 0 Å². The first-order chi connectivity index (χ1) is 10.3. The third-order valence-electron chi connectivity index (χ3n) is 5.39. The maximum Gasteiger partial charge on any atom is 0.199 e. The molecule has 2 fully saturated rings. The Morgan fingerprint density at radius 1 is 0.762 bits per heavy atom. The van der Waals surface area contributed by atoms with Gasteiger partial charge in [-0.1, -0.05) is 50.7 Å². The van der Waals surface area contributed by atoms with E-state index in [1.807, 2.05) is 12.1 Å². The van der Waals surface area contributed by atoms with E-state index in [9.17, 15) is 9.79 Å². The van der Waals surface area contributed by atoms with Crippen LogP contribution in [-0.2, 0) is 0 Å². The molecule has 0 unspecified atom stereocenters. The minimum atomic E-state index is -1.98. The lowest BCUT2D eigenvalue weighted by Gasteiger charge is -2.31. The summed E-state index contributed by atoms with van der Waals surface area (Å²) in [7, 11) is -1.98. The van der Waals surface area contributed by atoms with Gasteiger partial charge in [-0.2, -0.15) is 0 Å². The predicted molar refractivity (Wildman–Crippen MR) is 89.1 cm³/mol. The van der Waals surface area contributed by atoms with E-state index in [2.05, 4.69) is 6.07 Å². The fraction of sp³-hybridized carbons (Fsp3) is 0.667. The number of benzene rings is 1. The lowest BCUT2D eigenvalue weighted by molar-refractivity contribution is 0.419. The fourth-order valence-corrected chi connectivity index (χ4v) is 5.10. The van der Waals surface area contributed by atoms with Crippen LogP contribution in [0.1, 0.15) is 87.2 Å². The van der Waals surface area contributed by atoms with Crippen LogP contribution in [0, 0.1) is 0 Å². The van der Waals surface area contributed by atoms with Crippen molar-refractivity contribution in [2.75, 3.05) is 0 Å². The molecule has 0 saturated heterocycles. The molecule has 0 spiro atoms. The molecule has 1 aromatic rings. The molecule has 0 aliphatic heterocycles. The van der Waals surface area contributed by atoms with E-state index in [1.54, 1.807) is 0 Å². The van der Waals surface area contributed by atoms with Crippen molar-refractivity contribution < 1.29 is 9.79 Å². The highest BCUT2D eigenvalue weighted by atomic mass is 31.2. The molecule has 3 rings (SSSR count). The van der Waals surface area contributed by atoms with Gasteiger partial charge in [-0.3, -0.25) is 0 Å². The summed E-state index contributed by atoms with van der Waals surface area (Å²) < 4.78 is 0. The average molecular weight is 306 g/mol. The van der Waals surface area contributed by atoms with Crippen molar-refractivity contribution in [3.8, 4) is 0 Å². The van der Waals surface area contributed by atoms with Gasteiger partial charge in [0.1, 0.15) is 0 Å². The smallest absolute Gasteiger partial charge is 0.199 e. The molecular formula is C18H27O2P. The second kappa shape index (κ2) is 7.22. The van der Waals surface area contributed by atoms with Crippen LogP contribution >= 0.6 is 8.38 Å². The molecule has 2 aliphatic rings. The molecule has 0 amide bonds. The molecule has 1 aromatic carbocycles. The first kappa shape index (κ1) is 15.5. The van der Waals surface area contributed by atoms with Gasteiger partial charge in [0, 0.05) is 5.30 Å². The zero-order chi connectivity index (χ0) is 14.7. The molecule has 21 heavy (non-hydrogen) atoms. The largest absolute Gasteiger partial charge is 0.347 e. The van der Waals surface area contributed by atoms with Crippen LogP contribution in [-0.4, -0.2) is 9.79 Å². The van der Waals surface area contributed by atoms with Gasteiger partial charge in [0.2, 0.25) is 0 Å². The van der Waals surface area contributed by atoms with Crippen molar-refractivity contribution in [1.82, 2.24) is 0 Å². The molecule has 2 saturated carbocycles. The SMILES string of the molecule is OP(O)c1cccc(C2CCCCC2)c1C1CCCCC1. The fourth-order valence-electron chi connectivity index (χ4n) is 4.35. The molecule has 0 bridgehead atoms. The Labute approximate surface area is 129 Å². The molecular weight excluding hydrogens is 279 g/mol. The number of hydrogen-bond donors (Lipinski definition) is 2. The first-order valence-electron chi connectivity index (χ1n) is 8.58. The second-order valence-electron chi connectivity index (χ2n) is 6.74. The molecule has 0 aromatic heterocycles. The normalized spacial score (nSPS) is 21.9. The summed E-state index contributed by atoms with van der Waals surface area (Å²) in [5, 5.41) is 0.833. The summed E-state index contributed by atoms with van der Waals surface area (Å²) in [5.74, 6) is 1.20. The molecule has 2 aliphatic carbocycles. The van der Waals surface area contributed by atoms with Crippen molar-refractivity contribution in [3.63, 3.8) is 0 Å². The lowest BCUT2D eigenvalue weighted by Crippen LogP contribution is -2.20. The van der Waals surface area contributed by atoms with E-state index >= 15 is 0 Å². The molecule has 2 N–H and O–H groups in total. The topological polar surface area (TPSA) is 40.5 Å². The van der Waals surface area contributed by atoms with E-state index in [-0.39, 0.29) is 0 Å². The van der Waals surface area contributed by atoms with Crippen LogP contribution in [0.3, 0.4) is 0 Å². The van der Waals surface area contributed by atoms with Crippen molar-refractivity contribution in [3.05, 3.63) is 29.3 Å². The van der Waals surface area contributed by atoms with Gasteiger partial charge in [0.15, 0.2) is 8.38 Å². The van der Waals surface area contributed by atoms with E-state index in [0.717, 1.165) is 5.30 Å². The van der Waals surface area contributed by atoms with E-state index < -0.39 is 8.38 Å². The summed E-state index contributed by atoms with van der Waals surface area (Å²) >= 11 is 0. The van der Waals surface area contributed by atoms with Gasteiger partial charge in [0.25, 0.3) is 0 Å². The summed E-state index contributed by atoms with van der Waals surface area (Å²) in [6.07, 6.45) is 12.9. The summed E-state index contributed by atoms with van der Waals surface area (Å²) in [6, 6.07) is 6.25. The Bertz CT molecular complexity index is 460. The summed E-state index contributed by atoms with van der Waals surface area (Å²) in [6.45, 7) is 0. The van der Waals surface area contributed by atoms with Crippen LogP contribution in [0.4, 0.5) is 0 Å². The van der Waals surface area contributed by atoms with Crippen molar-refractivity contribution in [1.29, 1.82) is 0 Å². The molecule has 0 radical (unpaired) electrons. The predicted octanol–water partition coefficient (Wildman–Crippen LogP) is 4.70. The maximum atomic E-state index is 9.88. The zero-order valence-corrected chi connectivity index (χ0v) is 13.7. The highest BCUT2D eigenvalue weighted by Gasteiger charge is 2.27. The molecule has 0 atom stereocenters. The molecule has 116 valence electrons. The van der Waals surface area contributed by atoms with Gasteiger partial charge in [0.05, 0.1) is 0 Å². The average Bonchev–Trinajstić information content (AvgIpc) is 2.55. The molecule has 2 nitrogen and oxygen atoms in total. The Morgan fingerprint density at radius 2 is 1.33 bits per heavy atom. The molecule has 0 heterocycles. The van der Waals surface area contributed by atoms with Crippen LogP contribution in [0.25, 0.3) is 0 Å². The standard InChI is InChI=1S/C18H27O2P/c19-21(20)17-13-7-12-16(14-8-3-1-4-9-14)18(17)15-10-5-2-6-11-15/h7,12-15,19-20H,1-6,8-11H2. The Kier molecular flexibility index (Phi) is 5.32. The Balaban J connectivity index is 1.98. The second-order valence-corrected chi connectivity index (χ2v) is 7.80. The van der Waals surface area contributed by atoms with Gasteiger partial charge < -0.3 is 9.79 Å². The van der Waals surface area contributed by atoms with Gasteiger partial charge in [-0.05, 0) is 54.7 Å². The first-order valence-corrected chi connectivity index (χ1v) is 9.83. The Morgan fingerprint density at radius 3 is 1.90 bits per heavy atom. The van der Waals surface area contributed by atoms with Crippen LogP contribution < -0.4 is 5.30 Å². The highest BCUT2D eigenvalue weighted by molar-refractivity contribution is 7.54. The van der Waals surface area contributed by atoms with Crippen LogP contribution in [0.5, 0.6) is 0 Å². The summed E-state index contributed by atoms with van der Waals surface area (Å²) in [4.78, 5) is 19.8. The Hall–Kier alpha value is -0.430. The van der Waals surface area contributed by atoms with E-state index in [1.165, 1.54) is 75.3 Å². The molecule has 3 heteroatoms. The number of rotatable bonds is 3. The van der Waals surface area contributed by atoms with Gasteiger partial charge in [-0.25, -0.2) is 0 Å². The van der Waals surface area contributed by atoms with E-state index in [0.29, 0.717) is 11.8 Å². The maximum absolute atomic E-state index is 9.88. The third kappa shape index (κ3) is 3.50. The van der Waals surface area contributed by atoms with Crippen molar-refractivity contribution >= 4 is 13.7 Å². The third-order valence-corrected chi connectivity index (χ3v) is 6.21. The van der Waals surface area contributed by atoms with Gasteiger partial charge >= 0.3 is 0 Å². The lowest BCUT2D eigenvalue weighted by atomic mass is 9.76. The number of hydrogen-bond acceptors (Lipinski definition) is 2. The van der Waals surface area contributed by atoms with Crippen LogP contribution in [0.2, 0.25) is 0 Å². The zero-order valence-electron chi connectivity index (χ0n) is 12.8. The minimum Gasteiger partial charge on any atom is -0.347 e. The van der Waals surface area contributed by atoms with Crippen molar-refractivity contribution in [2.45, 2.75) is 76.0 Å². The minimum absolute atomic E-state index is 0.552. The quantitative estimate of drug-likeness (QED) is 0.794. The van der Waals surface area contributed by atoms with Gasteiger partial charge in [-0.15, -0.1) is 0 Å². The highest BCUT2D eigenvalue weighted by Crippen LogP contribution is 2.43. The van der Waals surface area contributed by atoms with Crippen molar-refractivity contribution in [2.24, 2.45) is 0 Å².